The van der Waals surface area contributed by atoms with E-state index in [2.05, 4.69) is 51.7 Å². The van der Waals surface area contributed by atoms with Crippen molar-refractivity contribution in [3.63, 3.8) is 0 Å². The number of aliphatic imine (C=N–C) groups is 1. The molecule has 2 aromatic carbocycles. The third-order valence-corrected chi connectivity index (χ3v) is 5.00. The first-order valence-corrected chi connectivity index (χ1v) is 9.73. The number of guanidine groups is 1. The smallest absolute Gasteiger partial charge is 0.191 e. The molecule has 1 atom stereocenters. The molecule has 0 radical (unpaired) electrons. The van der Waals surface area contributed by atoms with Gasteiger partial charge in [-0.3, -0.25) is 9.89 Å². The number of hydrogen-bond acceptors (Lipinski definition) is 3. The van der Waals surface area contributed by atoms with E-state index in [1.807, 2.05) is 6.07 Å². The summed E-state index contributed by atoms with van der Waals surface area (Å²) in [5, 5.41) is 6.61. The van der Waals surface area contributed by atoms with Crippen LogP contribution in [0.1, 0.15) is 22.7 Å². The predicted octanol–water partition coefficient (Wildman–Crippen LogP) is 2.87. The highest BCUT2D eigenvalue weighted by atomic mass is 19.1. The van der Waals surface area contributed by atoms with Crippen LogP contribution < -0.4 is 10.6 Å². The van der Waals surface area contributed by atoms with Gasteiger partial charge in [0.25, 0.3) is 0 Å². The number of halogens is 1. The molecule has 1 fully saturated rings. The molecule has 6 heteroatoms. The fourth-order valence-electron chi connectivity index (χ4n) is 3.46. The van der Waals surface area contributed by atoms with E-state index in [4.69, 9.17) is 4.74 Å². The van der Waals surface area contributed by atoms with Crippen LogP contribution in [0.4, 0.5) is 4.39 Å². The summed E-state index contributed by atoms with van der Waals surface area (Å²) >= 11 is 0. The highest BCUT2D eigenvalue weighted by molar-refractivity contribution is 5.79. The van der Waals surface area contributed by atoms with Gasteiger partial charge in [0.1, 0.15) is 5.82 Å². The van der Waals surface area contributed by atoms with E-state index in [9.17, 15) is 4.39 Å². The summed E-state index contributed by atoms with van der Waals surface area (Å²) in [4.78, 5) is 6.73. The Kier molecular flexibility index (Phi) is 7.39. The topological polar surface area (TPSA) is 48.9 Å². The maximum atomic E-state index is 13.8. The van der Waals surface area contributed by atoms with E-state index in [0.29, 0.717) is 24.6 Å². The Bertz CT molecular complexity index is 790. The summed E-state index contributed by atoms with van der Waals surface area (Å²) < 4.78 is 19.4. The van der Waals surface area contributed by atoms with Crippen LogP contribution in [0.5, 0.6) is 0 Å². The van der Waals surface area contributed by atoms with Gasteiger partial charge in [-0.1, -0.05) is 48.0 Å². The normalized spacial score (nSPS) is 16.6. The van der Waals surface area contributed by atoms with E-state index in [0.717, 1.165) is 26.3 Å². The molecule has 1 saturated heterocycles. The Balaban J connectivity index is 1.65. The summed E-state index contributed by atoms with van der Waals surface area (Å²) in [6, 6.07) is 15.6. The Hall–Kier alpha value is -2.44. The molecule has 1 unspecified atom stereocenters. The summed E-state index contributed by atoms with van der Waals surface area (Å²) in [6.45, 7) is 6.52. The maximum absolute atomic E-state index is 13.8. The van der Waals surface area contributed by atoms with Crippen molar-refractivity contribution in [2.75, 3.05) is 39.9 Å². The minimum absolute atomic E-state index is 0.212. The third kappa shape index (κ3) is 5.53. The standard InChI is InChI=1S/C22H29FN4O/c1-17-6-5-8-18(14-17)21(27-10-12-28-13-11-27)16-26-22(24-2)25-15-19-7-3-4-9-20(19)23/h3-9,14,21H,10-13,15-16H2,1-2H3,(H2,24,25,26). The number of benzene rings is 2. The number of hydrogen-bond donors (Lipinski definition) is 2. The molecular weight excluding hydrogens is 355 g/mol. The first-order valence-electron chi connectivity index (χ1n) is 9.73. The zero-order chi connectivity index (χ0) is 19.8. The number of morpholine rings is 1. The van der Waals surface area contributed by atoms with Crippen molar-refractivity contribution in [3.05, 3.63) is 71.0 Å². The molecule has 1 aliphatic heterocycles. The second-order valence-corrected chi connectivity index (χ2v) is 6.98. The first-order chi connectivity index (χ1) is 13.7. The largest absolute Gasteiger partial charge is 0.379 e. The Morgan fingerprint density at radius 2 is 1.93 bits per heavy atom. The van der Waals surface area contributed by atoms with E-state index in [-0.39, 0.29) is 11.9 Å². The van der Waals surface area contributed by atoms with Crippen LogP contribution in [0, 0.1) is 12.7 Å². The number of aryl methyl sites for hydroxylation is 1. The molecule has 0 bridgehead atoms. The molecule has 1 aliphatic rings. The second-order valence-electron chi connectivity index (χ2n) is 6.98. The van der Waals surface area contributed by atoms with Crippen molar-refractivity contribution in [2.24, 2.45) is 4.99 Å². The molecule has 0 spiro atoms. The molecule has 0 aliphatic carbocycles. The van der Waals surface area contributed by atoms with Crippen molar-refractivity contribution < 1.29 is 9.13 Å². The van der Waals surface area contributed by atoms with Gasteiger partial charge >= 0.3 is 0 Å². The molecule has 2 N–H and O–H groups in total. The Morgan fingerprint density at radius 1 is 1.14 bits per heavy atom. The minimum Gasteiger partial charge on any atom is -0.379 e. The van der Waals surface area contributed by atoms with Gasteiger partial charge in [-0.05, 0) is 18.6 Å². The van der Waals surface area contributed by atoms with Crippen molar-refractivity contribution in [1.29, 1.82) is 0 Å². The van der Waals surface area contributed by atoms with Gasteiger partial charge < -0.3 is 15.4 Å². The van der Waals surface area contributed by atoms with Crippen molar-refractivity contribution in [2.45, 2.75) is 19.5 Å². The lowest BCUT2D eigenvalue weighted by molar-refractivity contribution is 0.0170. The lowest BCUT2D eigenvalue weighted by Crippen LogP contribution is -2.46. The fraction of sp³-hybridized carbons (Fsp3) is 0.409. The highest BCUT2D eigenvalue weighted by Gasteiger charge is 2.23. The summed E-state index contributed by atoms with van der Waals surface area (Å²) in [5.74, 6) is 0.450. The van der Waals surface area contributed by atoms with Crippen LogP contribution in [0.25, 0.3) is 0 Å². The first kappa shape index (κ1) is 20.3. The van der Waals surface area contributed by atoms with Gasteiger partial charge in [0.2, 0.25) is 0 Å². The summed E-state index contributed by atoms with van der Waals surface area (Å²) in [5.41, 5.74) is 3.14. The van der Waals surface area contributed by atoms with Crippen molar-refractivity contribution in [1.82, 2.24) is 15.5 Å². The molecule has 0 aromatic heterocycles. The molecule has 2 aromatic rings. The minimum atomic E-state index is -0.212. The van der Waals surface area contributed by atoms with E-state index in [1.54, 1.807) is 19.2 Å². The van der Waals surface area contributed by atoms with Crippen LogP contribution in [0.3, 0.4) is 0 Å². The van der Waals surface area contributed by atoms with Gasteiger partial charge in [0.05, 0.1) is 19.3 Å². The molecule has 28 heavy (non-hydrogen) atoms. The van der Waals surface area contributed by atoms with Gasteiger partial charge in [-0.25, -0.2) is 4.39 Å². The second kappa shape index (κ2) is 10.2. The lowest BCUT2D eigenvalue weighted by Gasteiger charge is -2.35. The highest BCUT2D eigenvalue weighted by Crippen LogP contribution is 2.22. The van der Waals surface area contributed by atoms with Gasteiger partial charge in [0.15, 0.2) is 5.96 Å². The Labute approximate surface area is 166 Å². The molecule has 0 amide bonds. The van der Waals surface area contributed by atoms with Crippen LogP contribution >= 0.6 is 0 Å². The molecule has 150 valence electrons. The van der Waals surface area contributed by atoms with Crippen molar-refractivity contribution in [3.8, 4) is 0 Å². The number of rotatable bonds is 6. The number of ether oxygens (including phenoxy) is 1. The van der Waals surface area contributed by atoms with Gasteiger partial charge in [-0.2, -0.15) is 0 Å². The monoisotopic (exact) mass is 384 g/mol. The lowest BCUT2D eigenvalue weighted by atomic mass is 10.0. The Morgan fingerprint density at radius 3 is 2.64 bits per heavy atom. The summed E-state index contributed by atoms with van der Waals surface area (Å²) in [7, 11) is 1.73. The quantitative estimate of drug-likeness (QED) is 0.594. The predicted molar refractivity (Wildman–Crippen MR) is 111 cm³/mol. The molecule has 3 rings (SSSR count). The average Bonchev–Trinajstić information content (AvgIpc) is 2.72. The van der Waals surface area contributed by atoms with Crippen LogP contribution in [-0.2, 0) is 11.3 Å². The van der Waals surface area contributed by atoms with Gasteiger partial charge in [0, 0.05) is 38.8 Å². The molecular formula is C22H29FN4O. The van der Waals surface area contributed by atoms with E-state index in [1.165, 1.54) is 17.2 Å². The zero-order valence-corrected chi connectivity index (χ0v) is 16.6. The SMILES string of the molecule is CN=C(NCc1ccccc1F)NCC(c1cccc(C)c1)N1CCOCC1. The van der Waals surface area contributed by atoms with E-state index < -0.39 is 0 Å². The maximum Gasteiger partial charge on any atom is 0.191 e. The van der Waals surface area contributed by atoms with Crippen LogP contribution in [-0.4, -0.2) is 50.8 Å². The molecule has 0 saturated carbocycles. The third-order valence-electron chi connectivity index (χ3n) is 5.00. The fourth-order valence-corrected chi connectivity index (χ4v) is 3.46. The van der Waals surface area contributed by atoms with Crippen molar-refractivity contribution >= 4 is 5.96 Å². The number of nitrogens with one attached hydrogen (secondary N) is 2. The van der Waals surface area contributed by atoms with E-state index >= 15 is 0 Å². The zero-order valence-electron chi connectivity index (χ0n) is 16.6. The van der Waals surface area contributed by atoms with Crippen LogP contribution in [0.2, 0.25) is 0 Å². The summed E-state index contributed by atoms with van der Waals surface area (Å²) in [6.07, 6.45) is 0. The van der Waals surface area contributed by atoms with Crippen LogP contribution in [0.15, 0.2) is 53.5 Å². The average molecular weight is 384 g/mol. The van der Waals surface area contributed by atoms with Gasteiger partial charge in [-0.15, -0.1) is 0 Å². The number of nitrogens with zero attached hydrogens (tertiary/aromatic N) is 2. The molecule has 5 nitrogen and oxygen atoms in total. The molecule has 1 heterocycles.